The van der Waals surface area contributed by atoms with Crippen LogP contribution in [0.15, 0.2) is 12.1 Å². The monoisotopic (exact) mass is 314 g/mol. The Morgan fingerprint density at radius 2 is 2.05 bits per heavy atom. The molecule has 20 heavy (non-hydrogen) atoms. The van der Waals surface area contributed by atoms with Crippen LogP contribution in [0.4, 0.5) is 0 Å². The summed E-state index contributed by atoms with van der Waals surface area (Å²) in [6.45, 7) is 3.95. The third-order valence-electron chi connectivity index (χ3n) is 2.55. The van der Waals surface area contributed by atoms with Crippen LogP contribution in [0, 0.1) is 5.92 Å². The van der Waals surface area contributed by atoms with Crippen molar-refractivity contribution in [3.63, 3.8) is 0 Å². The van der Waals surface area contributed by atoms with Crippen molar-refractivity contribution in [2.24, 2.45) is 5.92 Å². The molecule has 0 aliphatic rings. The molecule has 2 heterocycles. The lowest BCUT2D eigenvalue weighted by Gasteiger charge is -2.01. The first-order valence-electron chi connectivity index (χ1n) is 5.90. The molecule has 8 heteroatoms. The van der Waals surface area contributed by atoms with Crippen molar-refractivity contribution in [3.8, 4) is 5.82 Å². The van der Waals surface area contributed by atoms with Crippen molar-refractivity contribution in [2.75, 3.05) is 0 Å². The van der Waals surface area contributed by atoms with Crippen molar-refractivity contribution >= 4 is 29.2 Å². The van der Waals surface area contributed by atoms with Gasteiger partial charge >= 0.3 is 5.97 Å². The van der Waals surface area contributed by atoms with E-state index >= 15 is 0 Å². The standard InChI is InChI=1S/C12H12Cl2N4O2/c1-6(2)5-7-10(12(19)20)11(14)18(17-7)9-4-3-8(13)15-16-9/h3-4,6H,5H2,1-2H3,(H,19,20). The number of carboxylic acid groups (broad SMARTS) is 1. The van der Waals surface area contributed by atoms with E-state index in [-0.39, 0.29) is 21.8 Å². The minimum atomic E-state index is -1.11. The van der Waals surface area contributed by atoms with Gasteiger partial charge in [0.25, 0.3) is 0 Å². The minimum absolute atomic E-state index is 0.00267. The Hall–Kier alpha value is -1.66. The molecular weight excluding hydrogens is 303 g/mol. The number of carboxylic acids is 1. The summed E-state index contributed by atoms with van der Waals surface area (Å²) in [5.74, 6) is -0.542. The van der Waals surface area contributed by atoms with E-state index in [4.69, 9.17) is 23.2 Å². The van der Waals surface area contributed by atoms with Gasteiger partial charge in [-0.1, -0.05) is 37.0 Å². The zero-order valence-corrected chi connectivity index (χ0v) is 12.4. The van der Waals surface area contributed by atoms with Gasteiger partial charge in [0.2, 0.25) is 0 Å². The number of rotatable bonds is 4. The summed E-state index contributed by atoms with van der Waals surface area (Å²) in [5, 5.41) is 21.3. The Morgan fingerprint density at radius 3 is 2.55 bits per heavy atom. The summed E-state index contributed by atoms with van der Waals surface area (Å²) in [5.41, 5.74) is 0.423. The third kappa shape index (κ3) is 2.91. The molecule has 6 nitrogen and oxygen atoms in total. The van der Waals surface area contributed by atoms with Crippen LogP contribution in [0.1, 0.15) is 29.9 Å². The van der Waals surface area contributed by atoms with Gasteiger partial charge in [0, 0.05) is 0 Å². The molecule has 1 N–H and O–H groups in total. The lowest BCUT2D eigenvalue weighted by atomic mass is 10.1. The predicted octanol–water partition coefficient (Wildman–Crippen LogP) is 2.87. The van der Waals surface area contributed by atoms with E-state index in [0.29, 0.717) is 17.9 Å². The second kappa shape index (κ2) is 5.76. The molecular formula is C12H12Cl2N4O2. The quantitative estimate of drug-likeness (QED) is 0.938. The van der Waals surface area contributed by atoms with Crippen LogP contribution in [-0.4, -0.2) is 31.1 Å². The maximum atomic E-state index is 11.3. The molecule has 0 bridgehead atoms. The van der Waals surface area contributed by atoms with E-state index in [1.54, 1.807) is 6.07 Å². The molecule has 2 rings (SSSR count). The number of carbonyl (C=O) groups is 1. The van der Waals surface area contributed by atoms with Crippen LogP contribution < -0.4 is 0 Å². The van der Waals surface area contributed by atoms with Gasteiger partial charge in [0.05, 0.1) is 5.69 Å². The zero-order valence-electron chi connectivity index (χ0n) is 10.8. The van der Waals surface area contributed by atoms with Gasteiger partial charge in [-0.2, -0.15) is 5.10 Å². The van der Waals surface area contributed by atoms with E-state index in [9.17, 15) is 9.90 Å². The fourth-order valence-corrected chi connectivity index (χ4v) is 2.17. The maximum Gasteiger partial charge on any atom is 0.340 e. The van der Waals surface area contributed by atoms with E-state index in [1.165, 1.54) is 10.7 Å². The van der Waals surface area contributed by atoms with Crippen LogP contribution in [0.25, 0.3) is 5.82 Å². The number of halogens is 2. The summed E-state index contributed by atoms with van der Waals surface area (Å²) in [7, 11) is 0. The molecule has 0 unspecified atom stereocenters. The van der Waals surface area contributed by atoms with Crippen molar-refractivity contribution in [3.05, 3.63) is 33.7 Å². The molecule has 106 valence electrons. The van der Waals surface area contributed by atoms with E-state index in [0.717, 1.165) is 0 Å². The minimum Gasteiger partial charge on any atom is -0.478 e. The first kappa shape index (κ1) is 14.7. The molecule has 0 saturated heterocycles. The second-order valence-electron chi connectivity index (χ2n) is 4.64. The predicted molar refractivity (Wildman–Crippen MR) is 74.7 cm³/mol. The third-order valence-corrected chi connectivity index (χ3v) is 3.10. The van der Waals surface area contributed by atoms with E-state index in [2.05, 4.69) is 15.3 Å². The van der Waals surface area contributed by atoms with Crippen molar-refractivity contribution in [1.29, 1.82) is 0 Å². The summed E-state index contributed by atoms with van der Waals surface area (Å²) < 4.78 is 1.26. The second-order valence-corrected chi connectivity index (χ2v) is 5.39. The summed E-state index contributed by atoms with van der Waals surface area (Å²) >= 11 is 11.8. The van der Waals surface area contributed by atoms with Gasteiger partial charge in [-0.25, -0.2) is 9.48 Å². The highest BCUT2D eigenvalue weighted by Crippen LogP contribution is 2.25. The maximum absolute atomic E-state index is 11.3. The van der Waals surface area contributed by atoms with Crippen LogP contribution in [0.5, 0.6) is 0 Å². The molecule has 0 radical (unpaired) electrons. The highest BCUT2D eigenvalue weighted by molar-refractivity contribution is 6.33. The van der Waals surface area contributed by atoms with Crippen molar-refractivity contribution in [1.82, 2.24) is 20.0 Å². The van der Waals surface area contributed by atoms with Gasteiger partial charge in [0.15, 0.2) is 11.0 Å². The van der Waals surface area contributed by atoms with Gasteiger partial charge in [-0.3, -0.25) is 0 Å². The molecule has 0 spiro atoms. The van der Waals surface area contributed by atoms with Crippen molar-refractivity contribution < 1.29 is 9.90 Å². The molecule has 0 fully saturated rings. The molecule has 0 aliphatic heterocycles. The first-order chi connectivity index (χ1) is 9.40. The number of nitrogens with zero attached hydrogens (tertiary/aromatic N) is 4. The Balaban J connectivity index is 2.54. The molecule has 0 aliphatic carbocycles. The van der Waals surface area contributed by atoms with Crippen LogP contribution >= 0.6 is 23.2 Å². The summed E-state index contributed by atoms with van der Waals surface area (Å²) in [6, 6.07) is 3.10. The Bertz CT molecular complexity index is 638. The summed E-state index contributed by atoms with van der Waals surface area (Å²) in [4.78, 5) is 11.3. The number of aromatic carboxylic acids is 1. The molecule has 0 saturated carbocycles. The van der Waals surface area contributed by atoms with Gasteiger partial charge < -0.3 is 5.11 Å². The highest BCUT2D eigenvalue weighted by Gasteiger charge is 2.24. The highest BCUT2D eigenvalue weighted by atomic mass is 35.5. The zero-order chi connectivity index (χ0) is 14.9. The lowest BCUT2D eigenvalue weighted by Crippen LogP contribution is -2.04. The Labute approximate surface area is 125 Å². The molecule has 0 amide bonds. The van der Waals surface area contributed by atoms with Crippen LogP contribution in [0.2, 0.25) is 10.3 Å². The van der Waals surface area contributed by atoms with Gasteiger partial charge in [0.1, 0.15) is 10.7 Å². The average Bonchev–Trinajstić information content (AvgIpc) is 2.66. The average molecular weight is 315 g/mol. The fraction of sp³-hybridized carbons (Fsp3) is 0.333. The normalized spacial score (nSPS) is 11.1. The largest absolute Gasteiger partial charge is 0.478 e. The van der Waals surface area contributed by atoms with Crippen molar-refractivity contribution in [2.45, 2.75) is 20.3 Å². The number of hydrogen-bond acceptors (Lipinski definition) is 4. The van der Waals surface area contributed by atoms with Gasteiger partial charge in [-0.15, -0.1) is 10.2 Å². The van der Waals surface area contributed by atoms with Crippen LogP contribution in [-0.2, 0) is 6.42 Å². The molecule has 0 aromatic carbocycles. The SMILES string of the molecule is CC(C)Cc1nn(-c2ccc(Cl)nn2)c(Cl)c1C(=O)O. The number of hydrogen-bond donors (Lipinski definition) is 1. The van der Waals surface area contributed by atoms with E-state index < -0.39 is 5.97 Å². The summed E-state index contributed by atoms with van der Waals surface area (Å²) in [6.07, 6.45) is 0.509. The van der Waals surface area contributed by atoms with Gasteiger partial charge in [-0.05, 0) is 24.5 Å². The molecule has 2 aromatic rings. The van der Waals surface area contributed by atoms with E-state index in [1.807, 2.05) is 13.8 Å². The fourth-order valence-electron chi connectivity index (χ4n) is 1.75. The lowest BCUT2D eigenvalue weighted by molar-refractivity contribution is 0.0695. The number of aromatic nitrogens is 4. The smallest absolute Gasteiger partial charge is 0.340 e. The first-order valence-corrected chi connectivity index (χ1v) is 6.66. The van der Waals surface area contributed by atoms with Crippen LogP contribution in [0.3, 0.4) is 0 Å². The Kier molecular flexibility index (Phi) is 4.25. The Morgan fingerprint density at radius 1 is 1.35 bits per heavy atom. The molecule has 2 aromatic heterocycles. The topological polar surface area (TPSA) is 80.9 Å². The molecule has 0 atom stereocenters.